The lowest BCUT2D eigenvalue weighted by atomic mass is 10.1. The second-order valence-corrected chi connectivity index (χ2v) is 4.03. The van der Waals surface area contributed by atoms with Crippen LogP contribution in [0.4, 0.5) is 0 Å². The van der Waals surface area contributed by atoms with E-state index in [0.29, 0.717) is 21.8 Å². The van der Waals surface area contributed by atoms with E-state index in [9.17, 15) is 5.11 Å². The highest BCUT2D eigenvalue weighted by Crippen LogP contribution is 2.37. The Balaban J connectivity index is 2.39. The Morgan fingerprint density at radius 2 is 2.24 bits per heavy atom. The average molecular weight is 246 g/mol. The molecule has 3 aromatic rings. The summed E-state index contributed by atoms with van der Waals surface area (Å²) in [6, 6.07) is 5.30. The molecule has 0 aliphatic carbocycles. The van der Waals surface area contributed by atoms with Crippen molar-refractivity contribution in [1.82, 2.24) is 15.0 Å². The summed E-state index contributed by atoms with van der Waals surface area (Å²) in [7, 11) is 0. The zero-order chi connectivity index (χ0) is 11.8. The molecule has 0 saturated carbocycles. The number of phenols is 1. The first-order valence-electron chi connectivity index (χ1n) is 5.02. The van der Waals surface area contributed by atoms with E-state index in [4.69, 9.17) is 11.6 Å². The van der Waals surface area contributed by atoms with E-state index in [1.807, 2.05) is 6.07 Å². The molecule has 0 amide bonds. The number of phenolic OH excluding ortho intramolecular Hbond substituents is 1. The van der Waals surface area contributed by atoms with Crippen LogP contribution in [0, 0.1) is 0 Å². The fourth-order valence-corrected chi connectivity index (χ4v) is 2.06. The lowest BCUT2D eigenvalue weighted by Gasteiger charge is -2.07. The summed E-state index contributed by atoms with van der Waals surface area (Å²) in [5, 5.41) is 11.5. The summed E-state index contributed by atoms with van der Waals surface area (Å²) in [6.45, 7) is 0. The van der Waals surface area contributed by atoms with E-state index in [2.05, 4.69) is 15.0 Å². The number of imidazole rings is 1. The monoisotopic (exact) mass is 245 g/mol. The summed E-state index contributed by atoms with van der Waals surface area (Å²) in [6.07, 6.45) is 4.79. The zero-order valence-electron chi connectivity index (χ0n) is 8.68. The molecule has 2 N–H and O–H groups in total. The molecule has 5 heteroatoms. The van der Waals surface area contributed by atoms with Crippen LogP contribution >= 0.6 is 11.6 Å². The van der Waals surface area contributed by atoms with Gasteiger partial charge in [-0.25, -0.2) is 4.98 Å². The highest BCUT2D eigenvalue weighted by atomic mass is 35.5. The van der Waals surface area contributed by atoms with Gasteiger partial charge in [0.2, 0.25) is 0 Å². The van der Waals surface area contributed by atoms with E-state index < -0.39 is 0 Å². The standard InChI is InChI=1S/C12H8ClN3O/c13-9-4-8(10-5-14-6-16-10)12(17)11-7(9)2-1-3-15-11/h1-6,17H,(H,14,16). The van der Waals surface area contributed by atoms with Gasteiger partial charge in [-0.05, 0) is 18.2 Å². The molecular weight excluding hydrogens is 238 g/mol. The number of aromatic amines is 1. The fraction of sp³-hybridized carbons (Fsp3) is 0. The van der Waals surface area contributed by atoms with Gasteiger partial charge in [0, 0.05) is 17.1 Å². The van der Waals surface area contributed by atoms with Gasteiger partial charge in [-0.1, -0.05) is 11.6 Å². The van der Waals surface area contributed by atoms with Crippen LogP contribution in [0.25, 0.3) is 22.2 Å². The second kappa shape index (κ2) is 3.75. The highest BCUT2D eigenvalue weighted by molar-refractivity contribution is 6.36. The highest BCUT2D eigenvalue weighted by Gasteiger charge is 2.13. The SMILES string of the molecule is Oc1c(-c2cnc[nH]2)cc(Cl)c2cccnc12. The van der Waals surface area contributed by atoms with Crippen molar-refractivity contribution < 1.29 is 5.11 Å². The lowest BCUT2D eigenvalue weighted by molar-refractivity contribution is 0.482. The van der Waals surface area contributed by atoms with Crippen LogP contribution in [-0.4, -0.2) is 20.1 Å². The van der Waals surface area contributed by atoms with E-state index in [-0.39, 0.29) is 5.75 Å². The number of aromatic nitrogens is 3. The number of H-pyrrole nitrogens is 1. The van der Waals surface area contributed by atoms with Crippen molar-refractivity contribution in [2.75, 3.05) is 0 Å². The van der Waals surface area contributed by atoms with Crippen molar-refractivity contribution in [2.45, 2.75) is 0 Å². The minimum absolute atomic E-state index is 0.106. The molecular formula is C12H8ClN3O. The van der Waals surface area contributed by atoms with Gasteiger partial charge in [0.05, 0.1) is 23.2 Å². The normalized spacial score (nSPS) is 10.9. The zero-order valence-corrected chi connectivity index (χ0v) is 9.44. The van der Waals surface area contributed by atoms with E-state index in [1.54, 1.807) is 30.9 Å². The Morgan fingerprint density at radius 1 is 1.35 bits per heavy atom. The van der Waals surface area contributed by atoms with Crippen molar-refractivity contribution >= 4 is 22.5 Å². The van der Waals surface area contributed by atoms with Crippen molar-refractivity contribution in [3.8, 4) is 17.0 Å². The number of hydrogen-bond donors (Lipinski definition) is 2. The van der Waals surface area contributed by atoms with Crippen molar-refractivity contribution in [2.24, 2.45) is 0 Å². The maximum absolute atomic E-state index is 10.2. The molecule has 84 valence electrons. The molecule has 1 aromatic carbocycles. The third-order valence-corrected chi connectivity index (χ3v) is 2.92. The van der Waals surface area contributed by atoms with Crippen molar-refractivity contribution in [3.63, 3.8) is 0 Å². The maximum atomic E-state index is 10.2. The molecule has 17 heavy (non-hydrogen) atoms. The van der Waals surface area contributed by atoms with Crippen LogP contribution in [0.1, 0.15) is 0 Å². The molecule has 0 aliphatic rings. The fourth-order valence-electron chi connectivity index (χ4n) is 1.80. The molecule has 0 bridgehead atoms. The molecule has 0 spiro atoms. The minimum Gasteiger partial charge on any atom is -0.505 e. The molecule has 2 aromatic heterocycles. The van der Waals surface area contributed by atoms with E-state index in [0.717, 1.165) is 5.39 Å². The summed E-state index contributed by atoms with van der Waals surface area (Å²) in [5.41, 5.74) is 1.79. The Hall–Kier alpha value is -2.07. The predicted octanol–water partition coefficient (Wildman–Crippen LogP) is 2.98. The minimum atomic E-state index is 0.106. The molecule has 0 fully saturated rings. The van der Waals surface area contributed by atoms with Crippen LogP contribution in [0.15, 0.2) is 36.9 Å². The molecule has 3 rings (SSSR count). The number of benzene rings is 1. The Labute approximate surface area is 102 Å². The van der Waals surface area contributed by atoms with Gasteiger partial charge in [-0.15, -0.1) is 0 Å². The van der Waals surface area contributed by atoms with Crippen molar-refractivity contribution in [3.05, 3.63) is 41.9 Å². The first-order valence-corrected chi connectivity index (χ1v) is 5.40. The number of hydrogen-bond acceptors (Lipinski definition) is 3. The number of halogens is 1. The van der Waals surface area contributed by atoms with Gasteiger partial charge in [0.15, 0.2) is 5.75 Å². The second-order valence-electron chi connectivity index (χ2n) is 3.62. The van der Waals surface area contributed by atoms with E-state index in [1.165, 1.54) is 0 Å². The number of fused-ring (bicyclic) bond motifs is 1. The summed E-state index contributed by atoms with van der Waals surface area (Å²) >= 11 is 6.17. The third-order valence-electron chi connectivity index (χ3n) is 2.60. The quantitative estimate of drug-likeness (QED) is 0.693. The molecule has 0 saturated heterocycles. The van der Waals surface area contributed by atoms with Crippen LogP contribution in [0.5, 0.6) is 5.75 Å². The van der Waals surface area contributed by atoms with Gasteiger partial charge in [-0.2, -0.15) is 0 Å². The van der Waals surface area contributed by atoms with E-state index >= 15 is 0 Å². The number of pyridine rings is 1. The summed E-state index contributed by atoms with van der Waals surface area (Å²) in [4.78, 5) is 11.0. The Morgan fingerprint density at radius 3 is 3.00 bits per heavy atom. The topological polar surface area (TPSA) is 61.8 Å². The maximum Gasteiger partial charge on any atom is 0.151 e. The first kappa shape index (κ1) is 10.1. The molecule has 0 aliphatic heterocycles. The third kappa shape index (κ3) is 1.54. The Kier molecular flexibility index (Phi) is 2.23. The average Bonchev–Trinajstić information content (AvgIpc) is 2.87. The van der Waals surface area contributed by atoms with Crippen molar-refractivity contribution in [1.29, 1.82) is 0 Å². The lowest BCUT2D eigenvalue weighted by Crippen LogP contribution is -1.85. The van der Waals surface area contributed by atoms with Gasteiger partial charge in [-0.3, -0.25) is 4.98 Å². The molecule has 0 unspecified atom stereocenters. The van der Waals surface area contributed by atoms with Gasteiger partial charge in [0.1, 0.15) is 5.52 Å². The number of aromatic hydroxyl groups is 1. The predicted molar refractivity (Wildman–Crippen MR) is 66.0 cm³/mol. The van der Waals surface area contributed by atoms with Gasteiger partial charge < -0.3 is 10.1 Å². The van der Waals surface area contributed by atoms with Gasteiger partial charge in [0.25, 0.3) is 0 Å². The van der Waals surface area contributed by atoms with Crippen LogP contribution < -0.4 is 0 Å². The smallest absolute Gasteiger partial charge is 0.151 e. The summed E-state index contributed by atoms with van der Waals surface area (Å²) in [5.74, 6) is 0.106. The first-order chi connectivity index (χ1) is 8.27. The van der Waals surface area contributed by atoms with Crippen LogP contribution in [0.2, 0.25) is 5.02 Å². The Bertz CT molecular complexity index is 680. The largest absolute Gasteiger partial charge is 0.505 e. The van der Waals surface area contributed by atoms with Gasteiger partial charge >= 0.3 is 0 Å². The molecule has 0 radical (unpaired) electrons. The molecule has 0 atom stereocenters. The molecule has 4 nitrogen and oxygen atoms in total. The number of nitrogens with one attached hydrogen (secondary N) is 1. The number of nitrogens with zero attached hydrogens (tertiary/aromatic N) is 2. The summed E-state index contributed by atoms with van der Waals surface area (Å²) < 4.78 is 0. The number of rotatable bonds is 1. The van der Waals surface area contributed by atoms with Crippen LogP contribution in [0.3, 0.4) is 0 Å². The molecule has 2 heterocycles. The van der Waals surface area contributed by atoms with Crippen LogP contribution in [-0.2, 0) is 0 Å².